The van der Waals surface area contributed by atoms with Crippen molar-refractivity contribution in [1.29, 1.82) is 0 Å². The van der Waals surface area contributed by atoms with Gasteiger partial charge in [-0.3, -0.25) is 14.6 Å². The second kappa shape index (κ2) is 6.81. The molecule has 0 saturated heterocycles. The van der Waals surface area contributed by atoms with E-state index in [0.717, 1.165) is 12.0 Å². The minimum Gasteiger partial charge on any atom is -0.372 e. The molecule has 0 bridgehead atoms. The maximum Gasteiger partial charge on any atom is 0.250 e. The molecule has 1 aliphatic rings. The third-order valence-corrected chi connectivity index (χ3v) is 4.84. The van der Waals surface area contributed by atoms with E-state index in [0.29, 0.717) is 24.6 Å². The molecule has 1 amide bonds. The maximum absolute atomic E-state index is 12.0. The summed E-state index contributed by atoms with van der Waals surface area (Å²) >= 11 is 0. The number of aromatic nitrogens is 2. The van der Waals surface area contributed by atoms with Crippen LogP contribution in [0.15, 0.2) is 53.5 Å². The van der Waals surface area contributed by atoms with Crippen molar-refractivity contribution in [3.8, 4) is 11.4 Å². The SMILES string of the molecule is Cn1c(-c2ccc(Cc3ccc4c(c3)COC4)cn2)c(C(N)=O)ccc1=O. The summed E-state index contributed by atoms with van der Waals surface area (Å²) in [6.45, 7) is 1.35. The summed E-state index contributed by atoms with van der Waals surface area (Å²) in [5.41, 5.74) is 11.2. The Morgan fingerprint density at radius 1 is 1.11 bits per heavy atom. The van der Waals surface area contributed by atoms with Crippen molar-refractivity contribution in [2.45, 2.75) is 19.6 Å². The molecule has 0 radical (unpaired) electrons. The van der Waals surface area contributed by atoms with E-state index in [1.54, 1.807) is 13.2 Å². The first-order chi connectivity index (χ1) is 13.0. The number of benzene rings is 1. The molecule has 6 heteroatoms. The number of carbonyl (C=O) groups is 1. The summed E-state index contributed by atoms with van der Waals surface area (Å²) in [5.74, 6) is -0.591. The van der Waals surface area contributed by atoms with E-state index in [4.69, 9.17) is 10.5 Å². The molecule has 3 aromatic rings. The van der Waals surface area contributed by atoms with Gasteiger partial charge in [0.25, 0.3) is 11.5 Å². The summed E-state index contributed by atoms with van der Waals surface area (Å²) in [6, 6.07) is 12.9. The van der Waals surface area contributed by atoms with Crippen LogP contribution in [-0.4, -0.2) is 15.5 Å². The number of rotatable bonds is 4. The second-order valence-corrected chi connectivity index (χ2v) is 6.68. The molecule has 1 aromatic carbocycles. The van der Waals surface area contributed by atoms with Crippen molar-refractivity contribution in [1.82, 2.24) is 9.55 Å². The lowest BCUT2D eigenvalue weighted by Gasteiger charge is -2.12. The zero-order valence-corrected chi connectivity index (χ0v) is 14.9. The predicted octanol–water partition coefficient (Wildman–Crippen LogP) is 2.17. The van der Waals surface area contributed by atoms with Crippen LogP contribution in [0.25, 0.3) is 11.4 Å². The molecule has 136 valence electrons. The number of primary amides is 1. The molecule has 3 heterocycles. The van der Waals surface area contributed by atoms with Crippen LogP contribution in [-0.2, 0) is 31.4 Å². The number of nitrogens with two attached hydrogens (primary N) is 1. The van der Waals surface area contributed by atoms with E-state index in [2.05, 4.69) is 23.2 Å². The average molecular weight is 361 g/mol. The zero-order valence-electron chi connectivity index (χ0n) is 14.9. The number of hydrogen-bond donors (Lipinski definition) is 1. The van der Waals surface area contributed by atoms with Gasteiger partial charge in [-0.1, -0.05) is 24.3 Å². The predicted molar refractivity (Wildman–Crippen MR) is 101 cm³/mol. The summed E-state index contributed by atoms with van der Waals surface area (Å²) in [4.78, 5) is 28.2. The van der Waals surface area contributed by atoms with Gasteiger partial charge >= 0.3 is 0 Å². The summed E-state index contributed by atoms with van der Waals surface area (Å²) in [5, 5.41) is 0. The first-order valence-electron chi connectivity index (χ1n) is 8.66. The number of ether oxygens (including phenoxy) is 1. The topological polar surface area (TPSA) is 87.2 Å². The Morgan fingerprint density at radius 2 is 1.89 bits per heavy atom. The molecular weight excluding hydrogens is 342 g/mol. The van der Waals surface area contributed by atoms with E-state index >= 15 is 0 Å². The summed E-state index contributed by atoms with van der Waals surface area (Å²) in [6.07, 6.45) is 2.51. The minimum atomic E-state index is -0.591. The Bertz CT molecular complexity index is 1080. The summed E-state index contributed by atoms with van der Waals surface area (Å²) < 4.78 is 6.85. The fourth-order valence-electron chi connectivity index (χ4n) is 3.39. The van der Waals surface area contributed by atoms with Crippen LogP contribution in [0.3, 0.4) is 0 Å². The number of carbonyl (C=O) groups excluding carboxylic acids is 1. The van der Waals surface area contributed by atoms with Gasteiger partial charge in [0.2, 0.25) is 0 Å². The molecule has 0 unspecified atom stereocenters. The molecule has 1 aliphatic heterocycles. The highest BCUT2D eigenvalue weighted by atomic mass is 16.5. The monoisotopic (exact) mass is 361 g/mol. The van der Waals surface area contributed by atoms with Crippen LogP contribution in [0.2, 0.25) is 0 Å². The molecule has 0 aliphatic carbocycles. The van der Waals surface area contributed by atoms with Gasteiger partial charge in [0.15, 0.2) is 0 Å². The van der Waals surface area contributed by atoms with Gasteiger partial charge in [-0.25, -0.2) is 0 Å². The number of pyridine rings is 2. The Kier molecular flexibility index (Phi) is 4.33. The normalized spacial score (nSPS) is 12.8. The average Bonchev–Trinajstić information content (AvgIpc) is 3.12. The molecule has 0 atom stereocenters. The van der Waals surface area contributed by atoms with Crippen LogP contribution in [0.1, 0.15) is 32.6 Å². The van der Waals surface area contributed by atoms with Crippen LogP contribution in [0.5, 0.6) is 0 Å². The number of nitrogens with zero attached hydrogens (tertiary/aromatic N) is 2. The Hall–Kier alpha value is -3.25. The molecule has 0 saturated carbocycles. The van der Waals surface area contributed by atoms with Crippen molar-refractivity contribution in [2.24, 2.45) is 12.8 Å². The lowest BCUT2D eigenvalue weighted by atomic mass is 10.0. The molecule has 0 spiro atoms. The van der Waals surface area contributed by atoms with Crippen LogP contribution < -0.4 is 11.3 Å². The van der Waals surface area contributed by atoms with Crippen molar-refractivity contribution in [3.05, 3.63) is 86.8 Å². The van der Waals surface area contributed by atoms with Gasteiger partial charge in [0.05, 0.1) is 30.2 Å². The number of amides is 1. The molecule has 27 heavy (non-hydrogen) atoms. The van der Waals surface area contributed by atoms with Crippen molar-refractivity contribution >= 4 is 5.91 Å². The zero-order chi connectivity index (χ0) is 19.0. The maximum atomic E-state index is 12.0. The first kappa shape index (κ1) is 17.2. The summed E-state index contributed by atoms with van der Waals surface area (Å²) in [7, 11) is 1.60. The molecule has 2 aromatic heterocycles. The van der Waals surface area contributed by atoms with Crippen LogP contribution >= 0.6 is 0 Å². The van der Waals surface area contributed by atoms with E-state index in [9.17, 15) is 9.59 Å². The highest BCUT2D eigenvalue weighted by molar-refractivity contribution is 5.98. The van der Waals surface area contributed by atoms with Crippen molar-refractivity contribution in [3.63, 3.8) is 0 Å². The van der Waals surface area contributed by atoms with Crippen LogP contribution in [0.4, 0.5) is 0 Å². The fraction of sp³-hybridized carbons (Fsp3) is 0.190. The highest BCUT2D eigenvalue weighted by Gasteiger charge is 2.16. The molecule has 6 nitrogen and oxygen atoms in total. The number of hydrogen-bond acceptors (Lipinski definition) is 4. The molecular formula is C21H19N3O3. The minimum absolute atomic E-state index is 0.221. The van der Waals surface area contributed by atoms with Gasteiger partial charge < -0.3 is 15.0 Å². The standard InChI is InChI=1S/C21H19N3O3/c1-24-19(25)7-5-17(21(22)26)20(24)18-6-3-14(10-23-18)8-13-2-4-15-11-27-12-16(15)9-13/h2-7,9-10H,8,11-12H2,1H3,(H2,22,26). The van der Waals surface area contributed by atoms with Gasteiger partial charge in [-0.05, 0) is 40.8 Å². The lowest BCUT2D eigenvalue weighted by molar-refractivity contribution is 0.1000. The molecule has 0 fully saturated rings. The quantitative estimate of drug-likeness (QED) is 0.771. The van der Waals surface area contributed by atoms with Gasteiger partial charge in [0, 0.05) is 19.3 Å². The highest BCUT2D eigenvalue weighted by Crippen LogP contribution is 2.23. The molecule has 2 N–H and O–H groups in total. The van der Waals surface area contributed by atoms with Gasteiger partial charge in [-0.15, -0.1) is 0 Å². The van der Waals surface area contributed by atoms with E-state index in [1.807, 2.05) is 12.1 Å². The Morgan fingerprint density at radius 3 is 2.63 bits per heavy atom. The van der Waals surface area contributed by atoms with Crippen molar-refractivity contribution < 1.29 is 9.53 Å². The van der Waals surface area contributed by atoms with Crippen molar-refractivity contribution in [2.75, 3.05) is 0 Å². The van der Waals surface area contributed by atoms with Gasteiger partial charge in [0.1, 0.15) is 0 Å². The molecule has 4 rings (SSSR count). The largest absolute Gasteiger partial charge is 0.372 e. The fourth-order valence-corrected chi connectivity index (χ4v) is 3.39. The van der Waals surface area contributed by atoms with E-state index in [1.165, 1.54) is 33.4 Å². The van der Waals surface area contributed by atoms with Crippen LogP contribution in [0, 0.1) is 0 Å². The smallest absolute Gasteiger partial charge is 0.250 e. The Labute approximate surface area is 156 Å². The number of fused-ring (bicyclic) bond motifs is 1. The Balaban J connectivity index is 1.64. The van der Waals surface area contributed by atoms with E-state index < -0.39 is 5.91 Å². The van der Waals surface area contributed by atoms with Gasteiger partial charge in [-0.2, -0.15) is 0 Å². The lowest BCUT2D eigenvalue weighted by Crippen LogP contribution is -2.23. The van der Waals surface area contributed by atoms with E-state index in [-0.39, 0.29) is 11.1 Å². The third kappa shape index (κ3) is 3.27. The second-order valence-electron chi connectivity index (χ2n) is 6.68. The third-order valence-electron chi connectivity index (χ3n) is 4.84. The first-order valence-corrected chi connectivity index (χ1v) is 8.66.